The fourth-order valence-electron chi connectivity index (χ4n) is 1.53. The van der Waals surface area contributed by atoms with Crippen LogP contribution in [0.1, 0.15) is 31.7 Å². The van der Waals surface area contributed by atoms with Crippen molar-refractivity contribution in [3.63, 3.8) is 0 Å². The van der Waals surface area contributed by atoms with Gasteiger partial charge in [-0.3, -0.25) is 0 Å². The van der Waals surface area contributed by atoms with E-state index in [-0.39, 0.29) is 20.9 Å². The third-order valence-corrected chi connectivity index (χ3v) is 7.13. The summed E-state index contributed by atoms with van der Waals surface area (Å²) < 4.78 is 2.44. The van der Waals surface area contributed by atoms with Crippen LogP contribution in [-0.4, -0.2) is 32.6 Å². The summed E-state index contributed by atoms with van der Waals surface area (Å²) in [5, 5.41) is 8.85. The number of hydrogen-bond donors (Lipinski definition) is 1. The van der Waals surface area contributed by atoms with Crippen LogP contribution in [0.2, 0.25) is 3.97 Å². The minimum absolute atomic E-state index is 0.0737. The van der Waals surface area contributed by atoms with Crippen LogP contribution < -0.4 is 3.61 Å². The molecule has 0 radical (unpaired) electrons. The topological polar surface area (TPSA) is 20.2 Å². The number of rotatable bonds is 6. The van der Waals surface area contributed by atoms with Gasteiger partial charge in [0.15, 0.2) is 0 Å². The Morgan fingerprint density at radius 3 is 2.67 bits per heavy atom. The molecular weight excluding hydrogens is 300 g/mol. The first-order valence-electron chi connectivity index (χ1n) is 5.61. The van der Waals surface area contributed by atoms with Crippen molar-refractivity contribution in [1.82, 2.24) is 0 Å². The number of aliphatic hydroxyl groups is 1. The van der Waals surface area contributed by atoms with E-state index >= 15 is 0 Å². The van der Waals surface area contributed by atoms with Gasteiger partial charge in [0, 0.05) is 0 Å². The number of hydrogen-bond acceptors (Lipinski definition) is 1. The van der Waals surface area contributed by atoms with Gasteiger partial charge >= 0.3 is 103 Å². The first-order valence-corrected chi connectivity index (χ1v) is 8.12. The van der Waals surface area contributed by atoms with Crippen molar-refractivity contribution >= 4 is 24.5 Å². The summed E-state index contributed by atoms with van der Waals surface area (Å²) in [7, 11) is 0. The average molecular weight is 320 g/mol. The summed E-state index contributed by atoms with van der Waals surface area (Å²) in [6.45, 7) is 4.82. The summed E-state index contributed by atoms with van der Waals surface area (Å²) in [5.74, 6) is 0. The monoisotopic (exact) mass is 322 g/mol. The predicted molar refractivity (Wildman–Crippen MR) is 66.9 cm³/mol. The zero-order chi connectivity index (χ0) is 11.1. The van der Waals surface area contributed by atoms with Crippen LogP contribution in [0.25, 0.3) is 0 Å². The Bertz CT molecular complexity index is 286. The van der Waals surface area contributed by atoms with Crippen LogP contribution >= 0.6 is 0 Å². The van der Waals surface area contributed by atoms with Gasteiger partial charge in [0.1, 0.15) is 0 Å². The molecule has 0 saturated carbocycles. The summed E-state index contributed by atoms with van der Waals surface area (Å²) in [5.41, 5.74) is 1.45. The zero-order valence-corrected chi connectivity index (χ0v) is 11.9. The summed E-state index contributed by atoms with van der Waals surface area (Å²) in [6, 6.07) is 8.74. The second kappa shape index (κ2) is 7.28. The molecule has 1 aromatic carbocycles. The molecule has 1 nitrogen and oxygen atoms in total. The van der Waals surface area contributed by atoms with Crippen molar-refractivity contribution in [3.8, 4) is 0 Å². The van der Waals surface area contributed by atoms with Crippen molar-refractivity contribution in [2.45, 2.75) is 37.1 Å². The van der Waals surface area contributed by atoms with Gasteiger partial charge < -0.3 is 0 Å². The van der Waals surface area contributed by atoms with Gasteiger partial charge in [0.25, 0.3) is 0 Å². The average Bonchev–Trinajstić information content (AvgIpc) is 2.26. The molecule has 0 amide bonds. The second-order valence-electron chi connectivity index (χ2n) is 3.78. The third-order valence-electron chi connectivity index (χ3n) is 2.53. The van der Waals surface area contributed by atoms with Crippen molar-refractivity contribution in [2.75, 3.05) is 6.61 Å². The van der Waals surface area contributed by atoms with Crippen molar-refractivity contribution in [1.29, 1.82) is 0 Å². The minimum atomic E-state index is -0.0737. The van der Waals surface area contributed by atoms with E-state index in [4.69, 9.17) is 5.11 Å². The van der Waals surface area contributed by atoms with Crippen molar-refractivity contribution < 1.29 is 5.11 Å². The molecule has 0 aliphatic rings. The Morgan fingerprint density at radius 2 is 2.07 bits per heavy atom. The standard InChI is InChI=1S/C13H20OTe/c1-3-12(8-6-10-14)15-13-9-5-4-7-11(13)2/h4-5,7,9,12,14H,3,6,8,10H2,1-2H3. The Balaban J connectivity index is 2.54. The molecule has 0 aliphatic heterocycles. The van der Waals surface area contributed by atoms with Gasteiger partial charge in [0.2, 0.25) is 0 Å². The van der Waals surface area contributed by atoms with Crippen molar-refractivity contribution in [2.24, 2.45) is 0 Å². The number of aryl methyl sites for hydroxylation is 1. The Kier molecular flexibility index (Phi) is 6.32. The van der Waals surface area contributed by atoms with Gasteiger partial charge in [-0.1, -0.05) is 0 Å². The van der Waals surface area contributed by atoms with Gasteiger partial charge in [-0.15, -0.1) is 0 Å². The van der Waals surface area contributed by atoms with E-state index in [1.165, 1.54) is 18.4 Å². The molecule has 2 heteroatoms. The summed E-state index contributed by atoms with van der Waals surface area (Å²) in [4.78, 5) is 0. The Labute approximate surface area is 103 Å². The molecule has 0 spiro atoms. The molecule has 1 unspecified atom stereocenters. The summed E-state index contributed by atoms with van der Waals surface area (Å²) >= 11 is -0.0737. The summed E-state index contributed by atoms with van der Waals surface area (Å²) in [6.07, 6.45) is 3.43. The van der Waals surface area contributed by atoms with E-state index < -0.39 is 0 Å². The fraction of sp³-hybridized carbons (Fsp3) is 0.538. The molecule has 1 N–H and O–H groups in total. The first kappa shape index (κ1) is 13.0. The van der Waals surface area contributed by atoms with Crippen LogP contribution in [0.15, 0.2) is 24.3 Å². The number of benzene rings is 1. The SMILES string of the molecule is CCC(CCCO)[Te]c1ccccc1C. The van der Waals surface area contributed by atoms with Crippen LogP contribution in [0.4, 0.5) is 0 Å². The van der Waals surface area contributed by atoms with E-state index in [0.29, 0.717) is 6.61 Å². The van der Waals surface area contributed by atoms with E-state index in [2.05, 4.69) is 38.1 Å². The zero-order valence-electron chi connectivity index (χ0n) is 9.57. The van der Waals surface area contributed by atoms with Gasteiger partial charge in [-0.2, -0.15) is 0 Å². The third kappa shape index (κ3) is 4.55. The second-order valence-corrected chi connectivity index (χ2v) is 7.61. The van der Waals surface area contributed by atoms with E-state index in [9.17, 15) is 0 Å². The molecule has 0 bridgehead atoms. The van der Waals surface area contributed by atoms with Gasteiger partial charge in [0.05, 0.1) is 0 Å². The van der Waals surface area contributed by atoms with Crippen molar-refractivity contribution in [3.05, 3.63) is 29.8 Å². The molecule has 0 fully saturated rings. The van der Waals surface area contributed by atoms with Crippen LogP contribution in [0.5, 0.6) is 0 Å². The predicted octanol–water partition coefficient (Wildman–Crippen LogP) is 2.30. The molecule has 84 valence electrons. The molecule has 1 rings (SSSR count). The normalized spacial score (nSPS) is 12.7. The molecule has 0 aromatic heterocycles. The first-order chi connectivity index (χ1) is 7.27. The van der Waals surface area contributed by atoms with E-state index in [1.54, 1.807) is 3.61 Å². The van der Waals surface area contributed by atoms with Gasteiger partial charge in [-0.25, -0.2) is 0 Å². The Morgan fingerprint density at radius 1 is 1.33 bits per heavy atom. The molecule has 0 heterocycles. The quantitative estimate of drug-likeness (QED) is 0.798. The van der Waals surface area contributed by atoms with E-state index in [1.807, 2.05) is 0 Å². The van der Waals surface area contributed by atoms with E-state index in [0.717, 1.165) is 10.4 Å². The van der Waals surface area contributed by atoms with Crippen LogP contribution in [-0.2, 0) is 0 Å². The van der Waals surface area contributed by atoms with Crippen LogP contribution in [0, 0.1) is 6.92 Å². The molecule has 0 saturated heterocycles. The molecule has 1 aromatic rings. The van der Waals surface area contributed by atoms with Crippen LogP contribution in [0.3, 0.4) is 0 Å². The molecule has 1 atom stereocenters. The van der Waals surface area contributed by atoms with Gasteiger partial charge in [-0.05, 0) is 0 Å². The maximum absolute atomic E-state index is 8.85. The fourth-order valence-corrected chi connectivity index (χ4v) is 5.02. The number of aliphatic hydroxyl groups excluding tert-OH is 1. The Hall–Kier alpha value is -0.0304. The maximum atomic E-state index is 8.85. The molecular formula is C13H20OTe. The molecule has 15 heavy (non-hydrogen) atoms. The molecule has 0 aliphatic carbocycles.